The quantitative estimate of drug-likeness (QED) is 0.276. The van der Waals surface area contributed by atoms with Crippen LogP contribution in [0.15, 0.2) is 88.9 Å². The largest absolute Gasteiger partial charge is 0.295 e. The Balaban J connectivity index is 1.76. The average Bonchev–Trinajstić information content (AvgIpc) is 2.75. The molecule has 3 aromatic carbocycles. The highest BCUT2D eigenvalue weighted by molar-refractivity contribution is 7.92. The van der Waals surface area contributed by atoms with Crippen molar-refractivity contribution < 1.29 is 13.3 Å². The molecule has 10 heteroatoms. The molecule has 31 heavy (non-hydrogen) atoms. The molecule has 0 aliphatic rings. The van der Waals surface area contributed by atoms with Gasteiger partial charge in [0, 0.05) is 23.0 Å². The van der Waals surface area contributed by atoms with E-state index in [4.69, 9.17) is 11.6 Å². The van der Waals surface area contributed by atoms with Crippen LogP contribution in [0.2, 0.25) is 5.02 Å². The number of benzene rings is 3. The molecule has 0 spiro atoms. The van der Waals surface area contributed by atoms with E-state index in [9.17, 15) is 18.5 Å². The summed E-state index contributed by atoms with van der Waals surface area (Å²) in [4.78, 5) is 10.5. The third-order valence-corrected chi connectivity index (χ3v) is 5.64. The topological polar surface area (TPSA) is 114 Å². The molecule has 0 unspecified atom stereocenters. The summed E-state index contributed by atoms with van der Waals surface area (Å²) in [7, 11) is -4.03. The molecule has 0 radical (unpaired) electrons. The molecule has 2 N–H and O–H groups in total. The second-order valence-electron chi connectivity index (χ2n) is 6.21. The molecule has 3 rings (SSSR count). The Labute approximate surface area is 184 Å². The van der Waals surface area contributed by atoms with Gasteiger partial charge in [0.05, 0.1) is 9.82 Å². The van der Waals surface area contributed by atoms with Crippen molar-refractivity contribution in [2.75, 3.05) is 10.1 Å². The molecule has 3 aromatic rings. The van der Waals surface area contributed by atoms with Gasteiger partial charge in [0.2, 0.25) is 0 Å². The summed E-state index contributed by atoms with van der Waals surface area (Å²) in [5.74, 6) is 0. The zero-order valence-corrected chi connectivity index (χ0v) is 17.5. The molecule has 0 saturated heterocycles. The van der Waals surface area contributed by atoms with Crippen molar-refractivity contribution in [2.45, 2.75) is 4.90 Å². The maximum atomic E-state index is 12.6. The number of nitro benzene ring substituents is 1. The Hall–Kier alpha value is -3.69. The van der Waals surface area contributed by atoms with Gasteiger partial charge in [-0.05, 0) is 48.0 Å². The van der Waals surface area contributed by atoms with Gasteiger partial charge in [-0.3, -0.25) is 20.3 Å². The van der Waals surface area contributed by atoms with Gasteiger partial charge in [0.25, 0.3) is 15.7 Å². The number of hydrogen-bond acceptors (Lipinski definition) is 6. The lowest BCUT2D eigenvalue weighted by Crippen LogP contribution is -2.13. The number of nitro groups is 1. The summed E-state index contributed by atoms with van der Waals surface area (Å²) in [5, 5.41) is 15.8. The van der Waals surface area contributed by atoms with Gasteiger partial charge in [-0.25, -0.2) is 8.42 Å². The minimum absolute atomic E-state index is 0.0554. The van der Waals surface area contributed by atoms with Gasteiger partial charge < -0.3 is 0 Å². The smallest absolute Gasteiger partial charge is 0.280 e. The minimum Gasteiger partial charge on any atom is -0.280 e. The number of nitrogens with one attached hydrogen (secondary N) is 2. The fourth-order valence-corrected chi connectivity index (χ4v) is 3.73. The first-order chi connectivity index (χ1) is 14.8. The Morgan fingerprint density at radius 3 is 2.39 bits per heavy atom. The van der Waals surface area contributed by atoms with E-state index in [1.807, 2.05) is 36.4 Å². The third-order valence-electron chi connectivity index (χ3n) is 4.01. The number of rotatable bonds is 8. The van der Waals surface area contributed by atoms with Crippen molar-refractivity contribution in [3.63, 3.8) is 0 Å². The molecular formula is C21H17ClN4O4S. The zero-order valence-electron chi connectivity index (χ0n) is 16.0. The van der Waals surface area contributed by atoms with E-state index < -0.39 is 20.6 Å². The lowest BCUT2D eigenvalue weighted by atomic mass is 10.2. The zero-order chi connectivity index (χ0) is 22.3. The van der Waals surface area contributed by atoms with Crippen molar-refractivity contribution >= 4 is 51.0 Å². The summed E-state index contributed by atoms with van der Waals surface area (Å²) in [6.07, 6.45) is 4.92. The van der Waals surface area contributed by atoms with Crippen LogP contribution in [0.25, 0.3) is 6.08 Å². The standard InChI is InChI=1S/C21H17ClN4O4S/c22-17-8-10-18(11-9-17)25-31(29,30)19-12-13-20(21(15-19)26(27)28)24-23-14-4-7-16-5-2-1-3-6-16/h1-15,24-25H. The molecule has 0 heterocycles. The van der Waals surface area contributed by atoms with Crippen molar-refractivity contribution in [1.82, 2.24) is 0 Å². The van der Waals surface area contributed by atoms with E-state index in [1.54, 1.807) is 6.08 Å². The maximum absolute atomic E-state index is 12.6. The van der Waals surface area contributed by atoms with E-state index in [0.717, 1.165) is 11.6 Å². The number of hydrazone groups is 1. The van der Waals surface area contributed by atoms with Crippen molar-refractivity contribution in [2.24, 2.45) is 5.10 Å². The fourth-order valence-electron chi connectivity index (χ4n) is 2.52. The predicted molar refractivity (Wildman–Crippen MR) is 123 cm³/mol. The van der Waals surface area contributed by atoms with Gasteiger partial charge in [-0.2, -0.15) is 5.10 Å². The molecule has 0 saturated carbocycles. The van der Waals surface area contributed by atoms with Crippen LogP contribution in [-0.4, -0.2) is 19.6 Å². The first-order valence-corrected chi connectivity index (χ1v) is 10.8. The predicted octanol–water partition coefficient (Wildman–Crippen LogP) is 5.16. The maximum Gasteiger partial charge on any atom is 0.295 e. The summed E-state index contributed by atoms with van der Waals surface area (Å²) >= 11 is 5.79. The van der Waals surface area contributed by atoms with E-state index in [1.165, 1.54) is 42.6 Å². The second kappa shape index (κ2) is 9.88. The second-order valence-corrected chi connectivity index (χ2v) is 8.33. The van der Waals surface area contributed by atoms with Gasteiger partial charge >= 0.3 is 0 Å². The first kappa shape index (κ1) is 22.0. The van der Waals surface area contributed by atoms with Crippen LogP contribution in [0.4, 0.5) is 17.1 Å². The van der Waals surface area contributed by atoms with E-state index in [2.05, 4.69) is 15.2 Å². The molecule has 0 aliphatic carbocycles. The molecule has 0 fully saturated rings. The fraction of sp³-hybridized carbons (Fsp3) is 0. The van der Waals surface area contributed by atoms with Crippen molar-refractivity contribution in [1.29, 1.82) is 0 Å². The summed E-state index contributed by atoms with van der Waals surface area (Å²) < 4.78 is 27.5. The Morgan fingerprint density at radius 2 is 1.71 bits per heavy atom. The molecule has 0 atom stereocenters. The number of sulfonamides is 1. The minimum atomic E-state index is -4.03. The first-order valence-electron chi connectivity index (χ1n) is 8.93. The van der Waals surface area contributed by atoms with Crippen molar-refractivity contribution in [3.05, 3.63) is 99.6 Å². The molecule has 8 nitrogen and oxygen atoms in total. The number of anilines is 2. The Morgan fingerprint density at radius 1 is 1.00 bits per heavy atom. The number of hydrogen-bond donors (Lipinski definition) is 2. The molecule has 0 aliphatic heterocycles. The summed E-state index contributed by atoms with van der Waals surface area (Å²) in [6.45, 7) is 0. The number of nitrogens with zero attached hydrogens (tertiary/aromatic N) is 2. The molecule has 158 valence electrons. The molecule has 0 bridgehead atoms. The number of allylic oxidation sites excluding steroid dienone is 1. The van der Waals surface area contributed by atoms with Gasteiger partial charge in [0.1, 0.15) is 5.69 Å². The van der Waals surface area contributed by atoms with Crippen LogP contribution in [0.3, 0.4) is 0 Å². The number of halogens is 1. The molecular weight excluding hydrogens is 440 g/mol. The van der Waals surface area contributed by atoms with E-state index in [-0.39, 0.29) is 16.3 Å². The van der Waals surface area contributed by atoms with E-state index >= 15 is 0 Å². The average molecular weight is 457 g/mol. The molecule has 0 amide bonds. The van der Waals surface area contributed by atoms with Crippen LogP contribution < -0.4 is 10.1 Å². The van der Waals surface area contributed by atoms with Crippen LogP contribution in [-0.2, 0) is 10.0 Å². The lowest BCUT2D eigenvalue weighted by Gasteiger charge is -2.09. The lowest BCUT2D eigenvalue weighted by molar-refractivity contribution is -0.384. The van der Waals surface area contributed by atoms with Crippen LogP contribution in [0.1, 0.15) is 5.56 Å². The summed E-state index contributed by atoms with van der Waals surface area (Å²) in [6, 6.07) is 19.1. The highest BCUT2D eigenvalue weighted by Crippen LogP contribution is 2.28. The van der Waals surface area contributed by atoms with Gasteiger partial charge in [0.15, 0.2) is 0 Å². The molecule has 0 aromatic heterocycles. The van der Waals surface area contributed by atoms with Crippen LogP contribution in [0, 0.1) is 10.1 Å². The SMILES string of the molecule is O=[N+]([O-])c1cc(S(=O)(=O)Nc2ccc(Cl)cc2)ccc1NN=CC=Cc1ccccc1. The van der Waals surface area contributed by atoms with Gasteiger partial charge in [-0.15, -0.1) is 0 Å². The van der Waals surface area contributed by atoms with Gasteiger partial charge in [-0.1, -0.05) is 48.0 Å². The summed E-state index contributed by atoms with van der Waals surface area (Å²) in [5.41, 5.74) is 3.45. The normalized spacial score (nSPS) is 11.6. The highest BCUT2D eigenvalue weighted by atomic mass is 35.5. The van der Waals surface area contributed by atoms with E-state index in [0.29, 0.717) is 5.02 Å². The van der Waals surface area contributed by atoms with Crippen LogP contribution >= 0.6 is 11.6 Å². The Bertz CT molecular complexity index is 1230. The third kappa shape index (κ3) is 6.14. The highest BCUT2D eigenvalue weighted by Gasteiger charge is 2.21. The monoisotopic (exact) mass is 456 g/mol. The Kier molecular flexibility index (Phi) is 7.01. The van der Waals surface area contributed by atoms with Crippen LogP contribution in [0.5, 0.6) is 0 Å². The van der Waals surface area contributed by atoms with Crippen molar-refractivity contribution in [3.8, 4) is 0 Å².